The minimum Gasteiger partial charge on any atom is -0.340 e. The summed E-state index contributed by atoms with van der Waals surface area (Å²) in [5, 5.41) is 4.52. The van der Waals surface area contributed by atoms with E-state index in [4.69, 9.17) is 11.6 Å². The highest BCUT2D eigenvalue weighted by molar-refractivity contribution is 7.89. The number of piperazine rings is 1. The standard InChI is InChI=1S/C16H20ClN5O3S/c1-13(22-12-18-11-19-22)10-16(23)20-6-8-21(9-7-20)26(24,25)15-4-2-14(17)3-5-15/h2-5,11-13H,6-10H2,1H3. The summed E-state index contributed by atoms with van der Waals surface area (Å²) in [5.74, 6) is -0.0171. The number of hydrogen-bond donors (Lipinski definition) is 0. The Labute approximate surface area is 157 Å². The van der Waals surface area contributed by atoms with Gasteiger partial charge in [-0.25, -0.2) is 18.1 Å². The Morgan fingerprint density at radius 1 is 1.19 bits per heavy atom. The third-order valence-electron chi connectivity index (χ3n) is 4.40. The molecule has 2 aromatic rings. The fourth-order valence-electron chi connectivity index (χ4n) is 2.85. The number of rotatable bonds is 5. The predicted octanol–water partition coefficient (Wildman–Crippen LogP) is 1.42. The van der Waals surface area contributed by atoms with Gasteiger partial charge >= 0.3 is 0 Å². The van der Waals surface area contributed by atoms with E-state index in [0.29, 0.717) is 24.5 Å². The normalized spacial score (nSPS) is 17.2. The lowest BCUT2D eigenvalue weighted by Gasteiger charge is -2.34. The highest BCUT2D eigenvalue weighted by Gasteiger charge is 2.30. The predicted molar refractivity (Wildman–Crippen MR) is 96.1 cm³/mol. The molecule has 0 aliphatic carbocycles. The van der Waals surface area contributed by atoms with Crippen molar-refractivity contribution < 1.29 is 13.2 Å². The molecule has 1 saturated heterocycles. The van der Waals surface area contributed by atoms with Crippen LogP contribution in [0.5, 0.6) is 0 Å². The van der Waals surface area contributed by atoms with Gasteiger partial charge in [0.1, 0.15) is 12.7 Å². The largest absolute Gasteiger partial charge is 0.340 e. The van der Waals surface area contributed by atoms with Crippen molar-refractivity contribution in [3.05, 3.63) is 41.9 Å². The van der Waals surface area contributed by atoms with Crippen LogP contribution in [-0.4, -0.2) is 64.5 Å². The number of sulfonamides is 1. The molecule has 8 nitrogen and oxygen atoms in total. The SMILES string of the molecule is CC(CC(=O)N1CCN(S(=O)(=O)c2ccc(Cl)cc2)CC1)n1cncn1. The molecule has 10 heteroatoms. The summed E-state index contributed by atoms with van der Waals surface area (Å²) in [6.07, 6.45) is 3.31. The van der Waals surface area contributed by atoms with E-state index in [1.807, 2.05) is 6.92 Å². The van der Waals surface area contributed by atoms with E-state index in [2.05, 4.69) is 10.1 Å². The van der Waals surface area contributed by atoms with E-state index in [1.54, 1.807) is 28.0 Å². The number of carbonyl (C=O) groups excluding carboxylic acids is 1. The van der Waals surface area contributed by atoms with Crippen LogP contribution in [0.4, 0.5) is 0 Å². The van der Waals surface area contributed by atoms with Crippen molar-refractivity contribution in [2.45, 2.75) is 24.3 Å². The van der Waals surface area contributed by atoms with E-state index < -0.39 is 10.0 Å². The average molecular weight is 398 g/mol. The summed E-state index contributed by atoms with van der Waals surface area (Å²) in [6, 6.07) is 6.00. The smallest absolute Gasteiger partial charge is 0.243 e. The molecule has 0 N–H and O–H groups in total. The summed E-state index contributed by atoms with van der Waals surface area (Å²) >= 11 is 5.82. The number of carbonyl (C=O) groups is 1. The van der Waals surface area contributed by atoms with Crippen molar-refractivity contribution in [1.29, 1.82) is 0 Å². The molecule has 140 valence electrons. The van der Waals surface area contributed by atoms with Gasteiger partial charge in [-0.3, -0.25) is 4.79 Å². The van der Waals surface area contributed by atoms with Crippen LogP contribution in [0, 0.1) is 0 Å². The molecule has 1 aliphatic heterocycles. The van der Waals surface area contributed by atoms with Gasteiger partial charge in [-0.1, -0.05) is 11.6 Å². The molecule has 0 spiro atoms. The van der Waals surface area contributed by atoms with Crippen LogP contribution in [-0.2, 0) is 14.8 Å². The monoisotopic (exact) mass is 397 g/mol. The lowest BCUT2D eigenvalue weighted by Crippen LogP contribution is -2.50. The van der Waals surface area contributed by atoms with Crippen LogP contribution >= 0.6 is 11.6 Å². The van der Waals surface area contributed by atoms with Gasteiger partial charge in [-0.2, -0.15) is 9.40 Å². The van der Waals surface area contributed by atoms with Gasteiger partial charge in [-0.05, 0) is 31.2 Å². The van der Waals surface area contributed by atoms with Gasteiger partial charge in [0.05, 0.1) is 10.9 Å². The Morgan fingerprint density at radius 3 is 2.42 bits per heavy atom. The molecule has 1 atom stereocenters. The van der Waals surface area contributed by atoms with Crippen molar-refractivity contribution in [2.24, 2.45) is 0 Å². The van der Waals surface area contributed by atoms with Crippen molar-refractivity contribution in [1.82, 2.24) is 24.0 Å². The number of amides is 1. The molecule has 1 amide bonds. The first-order chi connectivity index (χ1) is 12.4. The number of aromatic nitrogens is 3. The van der Waals surface area contributed by atoms with Gasteiger partial charge in [0, 0.05) is 37.6 Å². The summed E-state index contributed by atoms with van der Waals surface area (Å²) in [7, 11) is -3.57. The molecular formula is C16H20ClN5O3S. The quantitative estimate of drug-likeness (QED) is 0.761. The van der Waals surface area contributed by atoms with E-state index in [0.717, 1.165) is 0 Å². The zero-order valence-electron chi connectivity index (χ0n) is 14.3. The summed E-state index contributed by atoms with van der Waals surface area (Å²) in [4.78, 5) is 18.2. The zero-order valence-corrected chi connectivity index (χ0v) is 15.9. The Kier molecular flexibility index (Phi) is 5.59. The zero-order chi connectivity index (χ0) is 18.7. The maximum atomic E-state index is 12.7. The van der Waals surface area contributed by atoms with Crippen LogP contribution in [0.2, 0.25) is 5.02 Å². The van der Waals surface area contributed by atoms with Gasteiger partial charge in [0.2, 0.25) is 15.9 Å². The second-order valence-corrected chi connectivity index (χ2v) is 8.54. The van der Waals surface area contributed by atoms with Crippen LogP contribution in [0.1, 0.15) is 19.4 Å². The van der Waals surface area contributed by atoms with Crippen molar-refractivity contribution in [3.63, 3.8) is 0 Å². The average Bonchev–Trinajstić information content (AvgIpc) is 3.17. The third-order valence-corrected chi connectivity index (χ3v) is 6.57. The minimum atomic E-state index is -3.57. The molecule has 1 aliphatic rings. The van der Waals surface area contributed by atoms with Gasteiger partial charge in [-0.15, -0.1) is 0 Å². The Morgan fingerprint density at radius 2 is 1.85 bits per heavy atom. The molecule has 3 rings (SSSR count). The molecule has 2 heterocycles. The minimum absolute atomic E-state index is 0.0171. The second kappa shape index (κ2) is 7.73. The van der Waals surface area contributed by atoms with Crippen molar-refractivity contribution in [3.8, 4) is 0 Å². The van der Waals surface area contributed by atoms with Crippen molar-refractivity contribution >= 4 is 27.5 Å². The number of halogens is 1. The first-order valence-corrected chi connectivity index (χ1v) is 10.1. The highest BCUT2D eigenvalue weighted by Crippen LogP contribution is 2.20. The lowest BCUT2D eigenvalue weighted by atomic mass is 10.2. The summed E-state index contributed by atoms with van der Waals surface area (Å²) < 4.78 is 28.4. The van der Waals surface area contributed by atoms with Gasteiger partial charge in [0.15, 0.2) is 0 Å². The van der Waals surface area contributed by atoms with Crippen molar-refractivity contribution in [2.75, 3.05) is 26.2 Å². The number of nitrogens with zero attached hydrogens (tertiary/aromatic N) is 5. The fraction of sp³-hybridized carbons (Fsp3) is 0.438. The molecule has 0 saturated carbocycles. The first kappa shape index (κ1) is 18.8. The van der Waals surface area contributed by atoms with Crippen LogP contribution < -0.4 is 0 Å². The maximum absolute atomic E-state index is 12.7. The molecule has 0 bridgehead atoms. The molecular weight excluding hydrogens is 378 g/mol. The molecule has 1 aromatic carbocycles. The van der Waals surface area contributed by atoms with Crippen LogP contribution in [0.15, 0.2) is 41.8 Å². The van der Waals surface area contributed by atoms with Gasteiger partial charge in [0.25, 0.3) is 0 Å². The molecule has 1 aromatic heterocycles. The Hall–Kier alpha value is -1.97. The van der Waals surface area contributed by atoms with E-state index in [-0.39, 0.29) is 29.9 Å². The third kappa shape index (κ3) is 4.05. The fourth-order valence-corrected chi connectivity index (χ4v) is 4.40. The Bertz CT molecular complexity index is 847. The number of hydrogen-bond acceptors (Lipinski definition) is 5. The van der Waals surface area contributed by atoms with Crippen LogP contribution in [0.3, 0.4) is 0 Å². The maximum Gasteiger partial charge on any atom is 0.243 e. The van der Waals surface area contributed by atoms with E-state index in [9.17, 15) is 13.2 Å². The van der Waals surface area contributed by atoms with E-state index in [1.165, 1.54) is 22.8 Å². The topological polar surface area (TPSA) is 88.4 Å². The molecule has 0 radical (unpaired) electrons. The second-order valence-electron chi connectivity index (χ2n) is 6.17. The summed E-state index contributed by atoms with van der Waals surface area (Å²) in [6.45, 7) is 3.18. The van der Waals surface area contributed by atoms with Gasteiger partial charge < -0.3 is 4.90 Å². The number of benzene rings is 1. The summed E-state index contributed by atoms with van der Waals surface area (Å²) in [5.41, 5.74) is 0. The van der Waals surface area contributed by atoms with E-state index >= 15 is 0 Å². The Balaban J connectivity index is 1.58. The highest BCUT2D eigenvalue weighted by atomic mass is 35.5. The molecule has 1 unspecified atom stereocenters. The molecule has 26 heavy (non-hydrogen) atoms. The molecule has 1 fully saturated rings. The van der Waals surface area contributed by atoms with Crippen LogP contribution in [0.25, 0.3) is 0 Å². The first-order valence-electron chi connectivity index (χ1n) is 8.25. The lowest BCUT2D eigenvalue weighted by molar-refractivity contribution is -0.133.